The number of aromatic amines is 1. The minimum atomic E-state index is -0.387. The molecule has 0 bridgehead atoms. The molecule has 2 rings (SSSR count). The third-order valence-corrected chi connectivity index (χ3v) is 2.95. The van der Waals surface area contributed by atoms with Crippen LogP contribution in [0.4, 0.5) is 5.69 Å². The molecule has 6 heteroatoms. The molecule has 1 fully saturated rings. The van der Waals surface area contributed by atoms with Crippen LogP contribution in [0.3, 0.4) is 0 Å². The van der Waals surface area contributed by atoms with Crippen LogP contribution in [0.25, 0.3) is 0 Å². The number of hydrogen-bond acceptors (Lipinski definition) is 5. The number of rotatable bonds is 3. The summed E-state index contributed by atoms with van der Waals surface area (Å²) in [6.45, 7) is 0.355. The van der Waals surface area contributed by atoms with Crippen molar-refractivity contribution in [3.05, 3.63) is 16.7 Å². The van der Waals surface area contributed by atoms with Gasteiger partial charge in [0.15, 0.2) is 5.69 Å². The summed E-state index contributed by atoms with van der Waals surface area (Å²) in [5.74, 6) is 0.167. The summed E-state index contributed by atoms with van der Waals surface area (Å²) in [6, 6.07) is 0. The smallest absolute Gasteiger partial charge is 0.277 e. The topological polar surface area (TPSA) is 107 Å². The molecule has 0 unspecified atom stereocenters. The van der Waals surface area contributed by atoms with Gasteiger partial charge in [0.05, 0.1) is 11.9 Å². The van der Waals surface area contributed by atoms with Gasteiger partial charge in [-0.1, -0.05) is 12.8 Å². The predicted molar refractivity (Wildman–Crippen MR) is 60.2 cm³/mol. The second kappa shape index (κ2) is 4.13. The predicted octanol–water partition coefficient (Wildman–Crippen LogP) is 0.00240. The zero-order valence-electron chi connectivity index (χ0n) is 9.03. The van der Waals surface area contributed by atoms with Crippen LogP contribution in [0.1, 0.15) is 25.7 Å². The van der Waals surface area contributed by atoms with Crippen LogP contribution in [0.15, 0.2) is 11.1 Å². The summed E-state index contributed by atoms with van der Waals surface area (Å²) in [4.78, 5) is 17.4. The van der Waals surface area contributed by atoms with E-state index in [2.05, 4.69) is 9.97 Å². The molecule has 5 N–H and O–H groups in total. The van der Waals surface area contributed by atoms with Crippen molar-refractivity contribution in [3.63, 3.8) is 0 Å². The molecule has 88 valence electrons. The Hall–Kier alpha value is -1.56. The van der Waals surface area contributed by atoms with E-state index in [4.69, 9.17) is 16.2 Å². The Morgan fingerprint density at radius 1 is 1.50 bits per heavy atom. The number of aromatic nitrogens is 2. The summed E-state index contributed by atoms with van der Waals surface area (Å²) in [5, 5.41) is 0. The first-order valence-electron chi connectivity index (χ1n) is 5.36. The lowest BCUT2D eigenvalue weighted by atomic mass is 10.0. The van der Waals surface area contributed by atoms with Crippen LogP contribution in [0.5, 0.6) is 5.88 Å². The molecular formula is C10H16N4O2. The molecule has 0 aromatic carbocycles. The maximum absolute atomic E-state index is 11.2. The lowest BCUT2D eigenvalue weighted by molar-refractivity contribution is 0.214. The summed E-state index contributed by atoms with van der Waals surface area (Å²) in [5.41, 5.74) is 11.0. The lowest BCUT2D eigenvalue weighted by Gasteiger charge is -2.23. The van der Waals surface area contributed by atoms with Crippen LogP contribution in [0.2, 0.25) is 0 Å². The van der Waals surface area contributed by atoms with Crippen molar-refractivity contribution < 1.29 is 4.74 Å². The number of nitrogens with zero attached hydrogens (tertiary/aromatic N) is 1. The number of hydrogen-bond donors (Lipinski definition) is 3. The molecule has 0 radical (unpaired) electrons. The Morgan fingerprint density at radius 2 is 2.19 bits per heavy atom. The van der Waals surface area contributed by atoms with E-state index in [0.29, 0.717) is 6.61 Å². The number of nitrogens with one attached hydrogen (secondary N) is 1. The second-order valence-electron chi connectivity index (χ2n) is 4.31. The highest BCUT2D eigenvalue weighted by molar-refractivity contribution is 5.44. The van der Waals surface area contributed by atoms with Crippen LogP contribution < -0.4 is 21.8 Å². The van der Waals surface area contributed by atoms with E-state index in [-0.39, 0.29) is 22.7 Å². The van der Waals surface area contributed by atoms with E-state index in [9.17, 15) is 4.79 Å². The Morgan fingerprint density at radius 3 is 2.88 bits per heavy atom. The van der Waals surface area contributed by atoms with Gasteiger partial charge in [-0.25, -0.2) is 4.98 Å². The molecule has 0 amide bonds. The molecule has 1 aliphatic rings. The SMILES string of the molecule is Nc1c(OCC2(N)CCCC2)nc[nH]c1=O. The molecule has 16 heavy (non-hydrogen) atoms. The standard InChI is InChI=1S/C10H16N4O2/c11-7-8(15)13-6-14-9(7)16-5-10(12)3-1-2-4-10/h6H,1-5,11-12H2,(H,13,14,15). The van der Waals surface area contributed by atoms with Crippen molar-refractivity contribution in [2.45, 2.75) is 31.2 Å². The van der Waals surface area contributed by atoms with Gasteiger partial charge in [-0.2, -0.15) is 0 Å². The van der Waals surface area contributed by atoms with Gasteiger partial charge in [-0.3, -0.25) is 4.79 Å². The highest BCUT2D eigenvalue weighted by Gasteiger charge is 2.30. The van der Waals surface area contributed by atoms with Crippen molar-refractivity contribution in [2.75, 3.05) is 12.3 Å². The lowest BCUT2D eigenvalue weighted by Crippen LogP contribution is -2.42. The summed E-state index contributed by atoms with van der Waals surface area (Å²) < 4.78 is 5.42. The van der Waals surface area contributed by atoms with Gasteiger partial charge in [0.1, 0.15) is 6.61 Å². The maximum atomic E-state index is 11.2. The molecule has 1 aromatic heterocycles. The van der Waals surface area contributed by atoms with Crippen LogP contribution in [-0.4, -0.2) is 22.1 Å². The third kappa shape index (κ3) is 2.16. The fourth-order valence-electron chi connectivity index (χ4n) is 1.94. The van der Waals surface area contributed by atoms with Gasteiger partial charge in [-0.15, -0.1) is 0 Å². The van der Waals surface area contributed by atoms with Crippen molar-refractivity contribution in [1.29, 1.82) is 0 Å². The zero-order chi connectivity index (χ0) is 11.6. The third-order valence-electron chi connectivity index (χ3n) is 2.95. The zero-order valence-corrected chi connectivity index (χ0v) is 9.03. The first-order valence-corrected chi connectivity index (χ1v) is 5.36. The first kappa shape index (κ1) is 10.9. The van der Waals surface area contributed by atoms with Crippen molar-refractivity contribution in [3.8, 4) is 5.88 Å². The van der Waals surface area contributed by atoms with Crippen LogP contribution in [-0.2, 0) is 0 Å². The average molecular weight is 224 g/mol. The molecule has 1 saturated carbocycles. The average Bonchev–Trinajstić information content (AvgIpc) is 2.68. The van der Waals surface area contributed by atoms with Gasteiger partial charge in [0, 0.05) is 0 Å². The highest BCUT2D eigenvalue weighted by atomic mass is 16.5. The van der Waals surface area contributed by atoms with Gasteiger partial charge in [0.2, 0.25) is 5.88 Å². The summed E-state index contributed by atoms with van der Waals surface area (Å²) in [6.07, 6.45) is 5.40. The Kier molecular flexibility index (Phi) is 2.82. The van der Waals surface area contributed by atoms with E-state index in [1.54, 1.807) is 0 Å². The van der Waals surface area contributed by atoms with Crippen molar-refractivity contribution >= 4 is 5.69 Å². The number of nitrogens with two attached hydrogens (primary N) is 2. The Bertz CT molecular complexity index is 423. The molecule has 1 heterocycles. The number of ether oxygens (including phenoxy) is 1. The highest BCUT2D eigenvalue weighted by Crippen LogP contribution is 2.28. The van der Waals surface area contributed by atoms with Crippen molar-refractivity contribution in [2.24, 2.45) is 5.73 Å². The minimum Gasteiger partial charge on any atom is -0.474 e. The fourth-order valence-corrected chi connectivity index (χ4v) is 1.94. The number of anilines is 1. The van der Waals surface area contributed by atoms with Gasteiger partial charge < -0.3 is 21.2 Å². The summed E-state index contributed by atoms with van der Waals surface area (Å²) in [7, 11) is 0. The largest absolute Gasteiger partial charge is 0.474 e. The summed E-state index contributed by atoms with van der Waals surface area (Å²) >= 11 is 0. The molecule has 0 aliphatic heterocycles. The minimum absolute atomic E-state index is 0.00379. The molecular weight excluding hydrogens is 208 g/mol. The quantitative estimate of drug-likeness (QED) is 0.670. The van der Waals surface area contributed by atoms with E-state index in [1.165, 1.54) is 6.33 Å². The monoisotopic (exact) mass is 224 g/mol. The molecule has 0 spiro atoms. The van der Waals surface area contributed by atoms with Gasteiger partial charge >= 0.3 is 0 Å². The van der Waals surface area contributed by atoms with Crippen LogP contribution >= 0.6 is 0 Å². The van der Waals surface area contributed by atoms with Gasteiger partial charge in [0.25, 0.3) is 5.56 Å². The maximum Gasteiger partial charge on any atom is 0.277 e. The number of nitrogen functional groups attached to an aromatic ring is 1. The van der Waals surface area contributed by atoms with Crippen LogP contribution in [0, 0.1) is 0 Å². The number of H-pyrrole nitrogens is 1. The Balaban J connectivity index is 2.04. The Labute approximate surface area is 93.0 Å². The van der Waals surface area contributed by atoms with E-state index in [0.717, 1.165) is 25.7 Å². The molecule has 0 saturated heterocycles. The van der Waals surface area contributed by atoms with E-state index in [1.807, 2.05) is 0 Å². The fraction of sp³-hybridized carbons (Fsp3) is 0.600. The first-order chi connectivity index (χ1) is 7.61. The molecule has 0 atom stereocenters. The van der Waals surface area contributed by atoms with Crippen molar-refractivity contribution in [1.82, 2.24) is 9.97 Å². The van der Waals surface area contributed by atoms with E-state index < -0.39 is 0 Å². The molecule has 1 aliphatic carbocycles. The second-order valence-corrected chi connectivity index (χ2v) is 4.31. The normalized spacial score (nSPS) is 18.6. The van der Waals surface area contributed by atoms with Gasteiger partial charge in [-0.05, 0) is 12.8 Å². The van der Waals surface area contributed by atoms with E-state index >= 15 is 0 Å². The molecule has 1 aromatic rings. The molecule has 6 nitrogen and oxygen atoms in total.